The van der Waals surface area contributed by atoms with Gasteiger partial charge in [-0.25, -0.2) is 9.50 Å². The number of hydrogen-bond donors (Lipinski definition) is 0. The first kappa shape index (κ1) is 21.0. The summed E-state index contributed by atoms with van der Waals surface area (Å²) in [6.07, 6.45) is -0.858. The van der Waals surface area contributed by atoms with Crippen molar-refractivity contribution in [2.24, 2.45) is 5.92 Å². The maximum atomic E-state index is 13.6. The number of likely N-dealkylation sites (tertiary alicyclic amines) is 1. The number of aryl methyl sites for hydroxylation is 2. The molecule has 1 unspecified atom stereocenters. The Kier molecular flexibility index (Phi) is 4.98. The van der Waals surface area contributed by atoms with Crippen LogP contribution in [0.25, 0.3) is 5.65 Å². The molecule has 1 aliphatic heterocycles. The molecule has 4 heterocycles. The highest BCUT2D eigenvalue weighted by Crippen LogP contribution is 2.35. The van der Waals surface area contributed by atoms with E-state index in [1.165, 1.54) is 0 Å². The third-order valence-electron chi connectivity index (χ3n) is 6.55. The van der Waals surface area contributed by atoms with Gasteiger partial charge in [0.15, 0.2) is 11.3 Å². The normalized spacial score (nSPS) is 20.0. The number of rotatable bonds is 2. The lowest BCUT2D eigenvalue weighted by atomic mass is 9.87. The van der Waals surface area contributed by atoms with Crippen molar-refractivity contribution in [1.29, 1.82) is 0 Å². The zero-order valence-electron chi connectivity index (χ0n) is 17.9. The lowest BCUT2D eigenvalue weighted by molar-refractivity contribution is -0.142. The maximum Gasteiger partial charge on any atom is 0.433 e. The first-order chi connectivity index (χ1) is 15.2. The average molecular weight is 447 g/mol. The SMILES string of the molecule is Cc1cc2nc(C3CCN(C(=O)c4noc5c4CC(C)CC5)CC3)cc(C(F)(F)F)n2n1. The summed E-state index contributed by atoms with van der Waals surface area (Å²) in [5.41, 5.74) is 1.53. The number of carbonyl (C=O) groups excluding carboxylic acids is 1. The number of fused-ring (bicyclic) bond motifs is 2. The Morgan fingerprint density at radius 2 is 1.94 bits per heavy atom. The maximum absolute atomic E-state index is 13.6. The number of amides is 1. The van der Waals surface area contributed by atoms with Gasteiger partial charge in [-0.2, -0.15) is 18.3 Å². The molecule has 0 N–H and O–H groups in total. The van der Waals surface area contributed by atoms with Gasteiger partial charge in [-0.05, 0) is 44.6 Å². The largest absolute Gasteiger partial charge is 0.433 e. The van der Waals surface area contributed by atoms with Gasteiger partial charge >= 0.3 is 6.18 Å². The standard InChI is InChI=1S/C22H24F3N5O2/c1-12-3-4-17-15(9-12)20(28-32-17)21(31)29-7-5-14(6-8-29)16-11-18(22(23,24)25)30-19(26-16)10-13(2)27-30/h10-12,14H,3-9H2,1-2H3. The van der Waals surface area contributed by atoms with Crippen molar-refractivity contribution in [3.8, 4) is 0 Å². The highest BCUT2D eigenvalue weighted by molar-refractivity contribution is 5.94. The van der Waals surface area contributed by atoms with Crippen molar-refractivity contribution in [3.63, 3.8) is 0 Å². The zero-order chi connectivity index (χ0) is 22.6. The van der Waals surface area contributed by atoms with E-state index in [0.717, 1.165) is 41.2 Å². The van der Waals surface area contributed by atoms with Crippen LogP contribution in [-0.2, 0) is 19.0 Å². The van der Waals surface area contributed by atoms with Crippen molar-refractivity contribution >= 4 is 11.6 Å². The topological polar surface area (TPSA) is 76.5 Å². The van der Waals surface area contributed by atoms with E-state index >= 15 is 0 Å². The van der Waals surface area contributed by atoms with Crippen LogP contribution in [0.5, 0.6) is 0 Å². The summed E-state index contributed by atoms with van der Waals surface area (Å²) in [5, 5.41) is 7.98. The molecule has 170 valence electrons. The Morgan fingerprint density at radius 3 is 2.66 bits per heavy atom. The van der Waals surface area contributed by atoms with Crippen LogP contribution >= 0.6 is 0 Å². The fourth-order valence-electron chi connectivity index (χ4n) is 4.79. The molecule has 10 heteroatoms. The number of aromatic nitrogens is 4. The Hall–Kier alpha value is -2.91. The monoisotopic (exact) mass is 447 g/mol. The van der Waals surface area contributed by atoms with Crippen molar-refractivity contribution in [1.82, 2.24) is 24.7 Å². The van der Waals surface area contributed by atoms with Crippen LogP contribution in [0.4, 0.5) is 13.2 Å². The zero-order valence-corrected chi connectivity index (χ0v) is 17.9. The molecule has 0 aromatic carbocycles. The van der Waals surface area contributed by atoms with E-state index in [-0.39, 0.29) is 17.5 Å². The summed E-state index contributed by atoms with van der Waals surface area (Å²) in [7, 11) is 0. The minimum Gasteiger partial charge on any atom is -0.360 e. The fourth-order valence-corrected chi connectivity index (χ4v) is 4.79. The summed E-state index contributed by atoms with van der Waals surface area (Å²) >= 11 is 0. The minimum absolute atomic E-state index is 0.159. The number of alkyl halides is 3. The van der Waals surface area contributed by atoms with Crippen LogP contribution in [0.1, 0.15) is 71.0 Å². The molecule has 0 radical (unpaired) electrons. The highest BCUT2D eigenvalue weighted by Gasteiger charge is 2.37. The molecule has 0 spiro atoms. The second-order valence-corrected chi connectivity index (χ2v) is 8.97. The minimum atomic E-state index is -4.53. The summed E-state index contributed by atoms with van der Waals surface area (Å²) in [6, 6.07) is 2.64. The number of nitrogens with zero attached hydrogens (tertiary/aromatic N) is 5. The van der Waals surface area contributed by atoms with E-state index in [0.29, 0.717) is 48.9 Å². The molecular formula is C22H24F3N5O2. The lowest BCUT2D eigenvalue weighted by Crippen LogP contribution is -2.39. The molecule has 32 heavy (non-hydrogen) atoms. The Labute approximate surface area is 182 Å². The quantitative estimate of drug-likeness (QED) is 0.589. The van der Waals surface area contributed by atoms with Crippen LogP contribution in [0.3, 0.4) is 0 Å². The Morgan fingerprint density at radius 1 is 1.19 bits per heavy atom. The molecule has 0 bridgehead atoms. The number of carbonyl (C=O) groups is 1. The van der Waals surface area contributed by atoms with Crippen LogP contribution < -0.4 is 0 Å². The van der Waals surface area contributed by atoms with Crippen LogP contribution in [-0.4, -0.2) is 43.7 Å². The summed E-state index contributed by atoms with van der Waals surface area (Å²) in [5.74, 6) is 0.963. The summed E-state index contributed by atoms with van der Waals surface area (Å²) < 4.78 is 47.1. The van der Waals surface area contributed by atoms with Gasteiger partial charge in [0.25, 0.3) is 5.91 Å². The smallest absolute Gasteiger partial charge is 0.360 e. The van der Waals surface area contributed by atoms with Gasteiger partial charge in [0, 0.05) is 42.8 Å². The Bertz CT molecular complexity index is 1170. The molecule has 5 rings (SSSR count). The predicted octanol–water partition coefficient (Wildman–Crippen LogP) is 4.19. The molecule has 1 saturated heterocycles. The van der Waals surface area contributed by atoms with E-state index in [2.05, 4.69) is 22.2 Å². The van der Waals surface area contributed by atoms with Gasteiger partial charge in [0.2, 0.25) is 0 Å². The van der Waals surface area contributed by atoms with Gasteiger partial charge in [0.05, 0.1) is 5.69 Å². The van der Waals surface area contributed by atoms with E-state index in [4.69, 9.17) is 4.52 Å². The molecule has 1 fully saturated rings. The highest BCUT2D eigenvalue weighted by atomic mass is 19.4. The second kappa shape index (κ2) is 7.60. The molecule has 1 atom stereocenters. The molecule has 1 aliphatic carbocycles. The van der Waals surface area contributed by atoms with Gasteiger partial charge in [0.1, 0.15) is 11.5 Å². The first-order valence-corrected chi connectivity index (χ1v) is 10.9. The predicted molar refractivity (Wildman–Crippen MR) is 108 cm³/mol. The van der Waals surface area contributed by atoms with Crippen LogP contribution in [0, 0.1) is 12.8 Å². The number of halogens is 3. The molecule has 3 aromatic heterocycles. The second-order valence-electron chi connectivity index (χ2n) is 8.97. The van der Waals surface area contributed by atoms with Crippen molar-refractivity contribution < 1.29 is 22.5 Å². The van der Waals surface area contributed by atoms with Crippen LogP contribution in [0.15, 0.2) is 16.7 Å². The lowest BCUT2D eigenvalue weighted by Gasteiger charge is -2.31. The fraction of sp³-hybridized carbons (Fsp3) is 0.545. The van der Waals surface area contributed by atoms with E-state index in [1.807, 2.05) is 0 Å². The number of hydrogen-bond acceptors (Lipinski definition) is 5. The summed E-state index contributed by atoms with van der Waals surface area (Å²) in [6.45, 7) is 4.67. The van der Waals surface area contributed by atoms with Gasteiger partial charge in [-0.1, -0.05) is 12.1 Å². The molecule has 1 amide bonds. The number of piperidine rings is 1. The van der Waals surface area contributed by atoms with Crippen molar-refractivity contribution in [2.45, 2.75) is 58.0 Å². The van der Waals surface area contributed by atoms with Gasteiger partial charge < -0.3 is 9.42 Å². The van der Waals surface area contributed by atoms with Crippen molar-refractivity contribution in [3.05, 3.63) is 46.2 Å². The molecule has 3 aromatic rings. The van der Waals surface area contributed by atoms with E-state index in [9.17, 15) is 18.0 Å². The van der Waals surface area contributed by atoms with Crippen molar-refractivity contribution in [2.75, 3.05) is 13.1 Å². The van der Waals surface area contributed by atoms with Gasteiger partial charge in [-0.15, -0.1) is 0 Å². The van der Waals surface area contributed by atoms with E-state index < -0.39 is 11.9 Å². The summed E-state index contributed by atoms with van der Waals surface area (Å²) in [4.78, 5) is 19.2. The van der Waals surface area contributed by atoms with Crippen LogP contribution in [0.2, 0.25) is 0 Å². The van der Waals surface area contributed by atoms with E-state index in [1.54, 1.807) is 17.9 Å². The third kappa shape index (κ3) is 3.65. The molecule has 0 saturated carbocycles. The van der Waals surface area contributed by atoms with Gasteiger partial charge in [-0.3, -0.25) is 4.79 Å². The third-order valence-corrected chi connectivity index (χ3v) is 6.55. The molecule has 7 nitrogen and oxygen atoms in total. The first-order valence-electron chi connectivity index (χ1n) is 10.9. The Balaban J connectivity index is 1.35. The average Bonchev–Trinajstić information content (AvgIpc) is 3.33. The molecular weight excluding hydrogens is 423 g/mol. The molecule has 2 aliphatic rings.